The molecular formula is C21H28N4O4. The number of nitrogens with one attached hydrogen (secondary N) is 2. The molecule has 2 atom stereocenters. The quantitative estimate of drug-likeness (QED) is 0.748. The highest BCUT2D eigenvalue weighted by Gasteiger charge is 2.24. The lowest BCUT2D eigenvalue weighted by atomic mass is 10.1. The van der Waals surface area contributed by atoms with Crippen LogP contribution >= 0.6 is 0 Å². The first-order chi connectivity index (χ1) is 13.8. The maximum atomic E-state index is 12.6. The second kappa shape index (κ2) is 8.65. The van der Waals surface area contributed by atoms with Crippen LogP contribution in [0.25, 0.3) is 0 Å². The first-order valence-electron chi connectivity index (χ1n) is 9.71. The highest BCUT2D eigenvalue weighted by Crippen LogP contribution is 2.20. The van der Waals surface area contributed by atoms with Gasteiger partial charge in [-0.3, -0.25) is 4.79 Å². The van der Waals surface area contributed by atoms with E-state index in [0.717, 1.165) is 24.5 Å². The third-order valence-electron chi connectivity index (χ3n) is 5.06. The predicted octanol–water partition coefficient (Wildman–Crippen LogP) is 2.36. The molecule has 0 saturated carbocycles. The highest BCUT2D eigenvalue weighted by molar-refractivity contribution is 6.00. The summed E-state index contributed by atoms with van der Waals surface area (Å²) in [6, 6.07) is 3.92. The number of aryl methyl sites for hydroxylation is 1. The molecule has 3 rings (SSSR count). The van der Waals surface area contributed by atoms with Crippen LogP contribution in [0.15, 0.2) is 18.3 Å². The third kappa shape index (κ3) is 4.59. The van der Waals surface area contributed by atoms with E-state index in [4.69, 9.17) is 9.47 Å². The molecule has 0 bridgehead atoms. The molecule has 1 saturated heterocycles. The lowest BCUT2D eigenvalue weighted by Crippen LogP contribution is -2.45. The van der Waals surface area contributed by atoms with Crippen LogP contribution in [-0.4, -0.2) is 54.3 Å². The minimum absolute atomic E-state index is 0.168. The van der Waals surface area contributed by atoms with Crippen molar-refractivity contribution in [3.63, 3.8) is 0 Å². The molecule has 3 heterocycles. The third-order valence-corrected chi connectivity index (χ3v) is 5.06. The van der Waals surface area contributed by atoms with Crippen molar-refractivity contribution in [2.24, 2.45) is 0 Å². The van der Waals surface area contributed by atoms with Gasteiger partial charge in [-0.2, -0.15) is 0 Å². The van der Waals surface area contributed by atoms with Gasteiger partial charge < -0.3 is 24.7 Å². The summed E-state index contributed by atoms with van der Waals surface area (Å²) in [5.41, 5.74) is 2.85. The van der Waals surface area contributed by atoms with Gasteiger partial charge in [0.05, 0.1) is 24.9 Å². The topological polar surface area (TPSA) is 96.5 Å². The predicted molar refractivity (Wildman–Crippen MR) is 109 cm³/mol. The monoisotopic (exact) mass is 400 g/mol. The number of methoxy groups -OCH3 is 1. The van der Waals surface area contributed by atoms with E-state index in [1.807, 2.05) is 12.1 Å². The van der Waals surface area contributed by atoms with E-state index < -0.39 is 5.97 Å². The number of aromatic nitrogens is 2. The molecule has 2 aromatic rings. The Balaban J connectivity index is 1.63. The smallest absolute Gasteiger partial charge is 0.339 e. The van der Waals surface area contributed by atoms with Gasteiger partial charge in [0.1, 0.15) is 11.5 Å². The lowest BCUT2D eigenvalue weighted by molar-refractivity contribution is -0.00546. The standard InChI is InChI=1S/C21H28N4O4/c1-12-10-25(11-13(2)29-12)17-7-6-16(8-22-17)9-23-20(26)19-14(3)18(15(4)24-19)21(27)28-5/h6-8,12-13,24H,9-11H2,1-5H3,(H,23,26). The van der Waals surface area contributed by atoms with Gasteiger partial charge in [0, 0.05) is 31.5 Å². The first-order valence-corrected chi connectivity index (χ1v) is 9.71. The zero-order valence-electron chi connectivity index (χ0n) is 17.5. The zero-order valence-corrected chi connectivity index (χ0v) is 17.5. The Morgan fingerprint density at radius 3 is 2.55 bits per heavy atom. The minimum atomic E-state index is -0.457. The van der Waals surface area contributed by atoms with Crippen molar-refractivity contribution < 1.29 is 19.1 Å². The van der Waals surface area contributed by atoms with Gasteiger partial charge >= 0.3 is 5.97 Å². The molecule has 156 valence electrons. The first kappa shape index (κ1) is 20.9. The number of amides is 1. The molecule has 0 aromatic carbocycles. The summed E-state index contributed by atoms with van der Waals surface area (Å²) in [5, 5.41) is 2.87. The van der Waals surface area contributed by atoms with Crippen LogP contribution in [0.3, 0.4) is 0 Å². The molecule has 1 fully saturated rings. The van der Waals surface area contributed by atoms with Crippen molar-refractivity contribution in [3.05, 3.63) is 46.4 Å². The van der Waals surface area contributed by atoms with E-state index >= 15 is 0 Å². The highest BCUT2D eigenvalue weighted by atomic mass is 16.5. The second-order valence-electron chi connectivity index (χ2n) is 7.49. The summed E-state index contributed by atoms with van der Waals surface area (Å²) >= 11 is 0. The summed E-state index contributed by atoms with van der Waals surface area (Å²) in [6.07, 6.45) is 2.11. The van der Waals surface area contributed by atoms with Gasteiger partial charge in [0.25, 0.3) is 5.91 Å². The van der Waals surface area contributed by atoms with Crippen LogP contribution in [0.2, 0.25) is 0 Å². The van der Waals surface area contributed by atoms with Crippen LogP contribution in [0, 0.1) is 13.8 Å². The van der Waals surface area contributed by atoms with Crippen molar-refractivity contribution in [2.75, 3.05) is 25.1 Å². The number of carbonyl (C=O) groups is 2. The van der Waals surface area contributed by atoms with Crippen molar-refractivity contribution in [2.45, 2.75) is 46.4 Å². The Morgan fingerprint density at radius 1 is 1.28 bits per heavy atom. The molecule has 1 amide bonds. The van der Waals surface area contributed by atoms with Gasteiger partial charge in [-0.05, 0) is 44.9 Å². The number of hydrogen-bond donors (Lipinski definition) is 2. The molecule has 2 N–H and O–H groups in total. The maximum Gasteiger partial charge on any atom is 0.339 e. The molecule has 0 radical (unpaired) electrons. The number of rotatable bonds is 5. The molecular weight excluding hydrogens is 372 g/mol. The van der Waals surface area contributed by atoms with Crippen molar-refractivity contribution in [3.8, 4) is 0 Å². The zero-order chi connectivity index (χ0) is 21.1. The number of morpholine rings is 1. The lowest BCUT2D eigenvalue weighted by Gasteiger charge is -2.36. The summed E-state index contributed by atoms with van der Waals surface area (Å²) in [7, 11) is 1.32. The molecule has 2 unspecified atom stereocenters. The normalized spacial score (nSPS) is 19.1. The van der Waals surface area contributed by atoms with Crippen LogP contribution < -0.4 is 10.2 Å². The fourth-order valence-corrected chi connectivity index (χ4v) is 3.73. The van der Waals surface area contributed by atoms with Gasteiger partial charge in [-0.25, -0.2) is 9.78 Å². The number of pyridine rings is 1. The number of carbonyl (C=O) groups excluding carboxylic acids is 2. The minimum Gasteiger partial charge on any atom is -0.465 e. The van der Waals surface area contributed by atoms with E-state index in [2.05, 4.69) is 34.0 Å². The van der Waals surface area contributed by atoms with Crippen LogP contribution in [0.4, 0.5) is 5.82 Å². The van der Waals surface area contributed by atoms with Gasteiger partial charge in [-0.15, -0.1) is 0 Å². The van der Waals surface area contributed by atoms with Crippen molar-refractivity contribution in [1.82, 2.24) is 15.3 Å². The Morgan fingerprint density at radius 2 is 1.97 bits per heavy atom. The van der Waals surface area contributed by atoms with E-state index in [9.17, 15) is 9.59 Å². The molecule has 29 heavy (non-hydrogen) atoms. The Kier molecular flexibility index (Phi) is 6.22. The maximum absolute atomic E-state index is 12.6. The molecule has 0 spiro atoms. The van der Waals surface area contributed by atoms with E-state index in [1.54, 1.807) is 20.0 Å². The summed E-state index contributed by atoms with van der Waals surface area (Å²) < 4.78 is 10.5. The van der Waals surface area contributed by atoms with Gasteiger partial charge in [-0.1, -0.05) is 6.07 Å². The number of nitrogens with zero attached hydrogens (tertiary/aromatic N) is 2. The summed E-state index contributed by atoms with van der Waals surface area (Å²) in [4.78, 5) is 34.2. The number of aromatic amines is 1. The van der Waals surface area contributed by atoms with E-state index in [0.29, 0.717) is 29.1 Å². The second-order valence-corrected chi connectivity index (χ2v) is 7.49. The molecule has 1 aliphatic rings. The van der Waals surface area contributed by atoms with E-state index in [-0.39, 0.29) is 18.1 Å². The van der Waals surface area contributed by atoms with Crippen molar-refractivity contribution in [1.29, 1.82) is 0 Å². The van der Waals surface area contributed by atoms with Crippen molar-refractivity contribution >= 4 is 17.7 Å². The van der Waals surface area contributed by atoms with Crippen LogP contribution in [-0.2, 0) is 16.0 Å². The fourth-order valence-electron chi connectivity index (χ4n) is 3.73. The number of hydrogen-bond acceptors (Lipinski definition) is 6. The average molecular weight is 400 g/mol. The summed E-state index contributed by atoms with van der Waals surface area (Å²) in [6.45, 7) is 9.54. The molecule has 0 aliphatic carbocycles. The average Bonchev–Trinajstić information content (AvgIpc) is 2.99. The Labute approximate surface area is 170 Å². The SMILES string of the molecule is COC(=O)c1c(C)[nH]c(C(=O)NCc2ccc(N3CC(C)OC(C)C3)nc2)c1C. The molecule has 1 aliphatic heterocycles. The Bertz CT molecular complexity index is 881. The molecule has 8 nitrogen and oxygen atoms in total. The number of esters is 1. The largest absolute Gasteiger partial charge is 0.465 e. The number of anilines is 1. The van der Waals surface area contributed by atoms with Crippen LogP contribution in [0.1, 0.15) is 51.5 Å². The Hall–Kier alpha value is -2.87. The summed E-state index contributed by atoms with van der Waals surface area (Å²) in [5.74, 6) is 0.170. The van der Waals surface area contributed by atoms with Crippen LogP contribution in [0.5, 0.6) is 0 Å². The number of H-pyrrole nitrogens is 1. The van der Waals surface area contributed by atoms with Gasteiger partial charge in [0.2, 0.25) is 0 Å². The number of ether oxygens (including phenoxy) is 2. The molecule has 2 aromatic heterocycles. The fraction of sp³-hybridized carbons (Fsp3) is 0.476. The molecule has 8 heteroatoms. The van der Waals surface area contributed by atoms with E-state index in [1.165, 1.54) is 7.11 Å². The van der Waals surface area contributed by atoms with Gasteiger partial charge in [0.15, 0.2) is 0 Å².